The summed E-state index contributed by atoms with van der Waals surface area (Å²) in [6.45, 7) is 0.549. The average molecular weight is 330 g/mol. The lowest BCUT2D eigenvalue weighted by Crippen LogP contribution is -2.00. The van der Waals surface area contributed by atoms with Gasteiger partial charge in [-0.3, -0.25) is 0 Å². The van der Waals surface area contributed by atoms with Crippen molar-refractivity contribution < 1.29 is 13.2 Å². The highest BCUT2D eigenvalue weighted by Gasteiger charge is 2.22. The molecule has 0 saturated heterocycles. The number of rotatable bonds is 5. The van der Waals surface area contributed by atoms with Crippen molar-refractivity contribution in [2.75, 3.05) is 6.61 Å². The maximum absolute atomic E-state index is 11.2. The SMILES string of the molecule is O=S(=O)(Cl)c1ccc(OCCC2CC2)c(Cl)c1Cl. The lowest BCUT2D eigenvalue weighted by molar-refractivity contribution is 0.302. The predicted octanol–water partition coefficient (Wildman–Crippen LogP) is 4.10. The van der Waals surface area contributed by atoms with Crippen LogP contribution in [0.5, 0.6) is 5.75 Å². The molecule has 0 amide bonds. The number of hydrogen-bond donors (Lipinski definition) is 0. The molecular weight excluding hydrogens is 319 g/mol. The fourth-order valence-corrected chi connectivity index (χ4v) is 3.34. The fraction of sp³-hybridized carbons (Fsp3) is 0.455. The minimum atomic E-state index is -3.90. The van der Waals surface area contributed by atoms with E-state index in [1.807, 2.05) is 0 Å². The first-order chi connectivity index (χ1) is 8.39. The maximum atomic E-state index is 11.2. The highest BCUT2D eigenvalue weighted by atomic mass is 35.7. The Balaban J connectivity index is 2.14. The fourth-order valence-electron chi connectivity index (χ4n) is 1.56. The van der Waals surface area contributed by atoms with Gasteiger partial charge in [-0.2, -0.15) is 0 Å². The molecule has 3 nitrogen and oxygen atoms in total. The van der Waals surface area contributed by atoms with Crippen LogP contribution >= 0.6 is 33.9 Å². The van der Waals surface area contributed by atoms with Crippen LogP contribution in [0.25, 0.3) is 0 Å². The molecule has 0 aromatic heterocycles. The van der Waals surface area contributed by atoms with Gasteiger partial charge in [0.1, 0.15) is 15.7 Å². The van der Waals surface area contributed by atoms with Crippen molar-refractivity contribution in [3.63, 3.8) is 0 Å². The summed E-state index contributed by atoms with van der Waals surface area (Å²) in [5, 5.41) is -0.0234. The molecule has 0 bridgehead atoms. The van der Waals surface area contributed by atoms with E-state index in [9.17, 15) is 8.42 Å². The van der Waals surface area contributed by atoms with Crippen LogP contribution in [0.15, 0.2) is 17.0 Å². The average Bonchev–Trinajstić information content (AvgIpc) is 3.06. The van der Waals surface area contributed by atoms with E-state index in [1.165, 1.54) is 25.0 Å². The predicted molar refractivity (Wildman–Crippen MR) is 72.3 cm³/mol. The van der Waals surface area contributed by atoms with Gasteiger partial charge in [0.05, 0.1) is 11.6 Å². The Morgan fingerprint density at radius 3 is 2.44 bits per heavy atom. The molecule has 0 unspecified atom stereocenters. The van der Waals surface area contributed by atoms with Gasteiger partial charge < -0.3 is 4.74 Å². The molecule has 0 atom stereocenters. The molecule has 1 aliphatic rings. The minimum Gasteiger partial charge on any atom is -0.492 e. The molecule has 0 heterocycles. The Kier molecular flexibility index (Phi) is 4.32. The second-order valence-corrected chi connectivity index (χ2v) is 7.50. The summed E-state index contributed by atoms with van der Waals surface area (Å²) in [6.07, 6.45) is 3.48. The monoisotopic (exact) mass is 328 g/mol. The molecule has 1 aromatic rings. The van der Waals surface area contributed by atoms with Gasteiger partial charge in [0.25, 0.3) is 9.05 Å². The van der Waals surface area contributed by atoms with E-state index in [1.54, 1.807) is 0 Å². The van der Waals surface area contributed by atoms with Crippen LogP contribution in [0, 0.1) is 5.92 Å². The lowest BCUT2D eigenvalue weighted by atomic mass is 10.3. The Morgan fingerprint density at radius 1 is 1.22 bits per heavy atom. The van der Waals surface area contributed by atoms with E-state index in [0.29, 0.717) is 12.4 Å². The zero-order chi connectivity index (χ0) is 13.3. The third kappa shape index (κ3) is 3.44. The topological polar surface area (TPSA) is 43.4 Å². The number of hydrogen-bond acceptors (Lipinski definition) is 3. The summed E-state index contributed by atoms with van der Waals surface area (Å²) in [5.74, 6) is 1.13. The second-order valence-electron chi connectivity index (χ2n) is 4.21. The Hall–Kier alpha value is -0.160. The molecule has 1 aromatic carbocycles. The van der Waals surface area contributed by atoms with Crippen molar-refractivity contribution in [2.24, 2.45) is 5.92 Å². The van der Waals surface area contributed by atoms with Gasteiger partial charge in [-0.25, -0.2) is 8.42 Å². The van der Waals surface area contributed by atoms with Gasteiger partial charge in [0.2, 0.25) is 0 Å². The lowest BCUT2D eigenvalue weighted by Gasteiger charge is -2.10. The molecule has 0 spiro atoms. The van der Waals surface area contributed by atoms with Crippen LogP contribution in [-0.2, 0) is 9.05 Å². The Bertz CT molecular complexity index is 553. The van der Waals surface area contributed by atoms with Gasteiger partial charge in [-0.05, 0) is 24.5 Å². The highest BCUT2D eigenvalue weighted by molar-refractivity contribution is 8.13. The summed E-state index contributed by atoms with van der Waals surface area (Å²) in [5.41, 5.74) is 0. The van der Waals surface area contributed by atoms with Crippen LogP contribution in [0.2, 0.25) is 10.0 Å². The Labute approximate surface area is 120 Å². The zero-order valence-corrected chi connectivity index (χ0v) is 12.4. The molecule has 7 heteroatoms. The van der Waals surface area contributed by atoms with E-state index in [0.717, 1.165) is 12.3 Å². The van der Waals surface area contributed by atoms with Gasteiger partial charge in [-0.15, -0.1) is 0 Å². The largest absolute Gasteiger partial charge is 0.492 e. The first kappa shape index (κ1) is 14.3. The molecule has 0 N–H and O–H groups in total. The smallest absolute Gasteiger partial charge is 0.262 e. The van der Waals surface area contributed by atoms with E-state index >= 15 is 0 Å². The molecule has 0 radical (unpaired) electrons. The highest BCUT2D eigenvalue weighted by Crippen LogP contribution is 2.38. The van der Waals surface area contributed by atoms with E-state index in [4.69, 9.17) is 38.6 Å². The van der Waals surface area contributed by atoms with E-state index in [-0.39, 0.29) is 14.9 Å². The van der Waals surface area contributed by atoms with Crippen LogP contribution in [0.3, 0.4) is 0 Å². The van der Waals surface area contributed by atoms with Crippen LogP contribution in [0.1, 0.15) is 19.3 Å². The number of halogens is 3. The normalized spacial score (nSPS) is 15.7. The number of ether oxygens (including phenoxy) is 1. The first-order valence-corrected chi connectivity index (χ1v) is 8.51. The van der Waals surface area contributed by atoms with Gasteiger partial charge >= 0.3 is 0 Å². The minimum absolute atomic E-state index is 0.0780. The summed E-state index contributed by atoms with van der Waals surface area (Å²) >= 11 is 11.8. The van der Waals surface area contributed by atoms with E-state index < -0.39 is 9.05 Å². The van der Waals surface area contributed by atoms with E-state index in [2.05, 4.69) is 0 Å². The zero-order valence-electron chi connectivity index (χ0n) is 9.33. The Morgan fingerprint density at radius 2 is 1.89 bits per heavy atom. The van der Waals surface area contributed by atoms with Crippen LogP contribution in [0.4, 0.5) is 0 Å². The summed E-state index contributed by atoms with van der Waals surface area (Å²) in [6, 6.07) is 2.76. The molecule has 0 aliphatic heterocycles. The van der Waals surface area contributed by atoms with Crippen LogP contribution < -0.4 is 4.74 Å². The molecule has 1 aliphatic carbocycles. The quantitative estimate of drug-likeness (QED) is 0.764. The summed E-state index contributed by atoms with van der Waals surface area (Å²) < 4.78 is 27.9. The molecule has 2 rings (SSSR count). The van der Waals surface area contributed by atoms with Crippen molar-refractivity contribution in [3.8, 4) is 5.75 Å². The van der Waals surface area contributed by atoms with Crippen molar-refractivity contribution >= 4 is 42.9 Å². The first-order valence-electron chi connectivity index (χ1n) is 5.45. The molecular formula is C11H11Cl3O3S. The third-order valence-corrected chi connectivity index (χ3v) is 5.10. The molecule has 100 valence electrons. The summed E-state index contributed by atoms with van der Waals surface area (Å²) in [4.78, 5) is -0.203. The number of benzene rings is 1. The third-order valence-electron chi connectivity index (χ3n) is 2.75. The van der Waals surface area contributed by atoms with Crippen molar-refractivity contribution in [3.05, 3.63) is 22.2 Å². The van der Waals surface area contributed by atoms with Gasteiger partial charge in [-0.1, -0.05) is 36.0 Å². The second kappa shape index (κ2) is 5.45. The molecule has 1 fully saturated rings. The molecule has 1 saturated carbocycles. The molecule has 18 heavy (non-hydrogen) atoms. The van der Waals surface area contributed by atoms with Crippen molar-refractivity contribution in [1.82, 2.24) is 0 Å². The van der Waals surface area contributed by atoms with Crippen molar-refractivity contribution in [1.29, 1.82) is 0 Å². The van der Waals surface area contributed by atoms with Crippen molar-refractivity contribution in [2.45, 2.75) is 24.2 Å². The van der Waals surface area contributed by atoms with Gasteiger partial charge in [0.15, 0.2) is 0 Å². The maximum Gasteiger partial charge on any atom is 0.262 e. The van der Waals surface area contributed by atoms with Crippen LogP contribution in [-0.4, -0.2) is 15.0 Å². The summed E-state index contributed by atoms with van der Waals surface area (Å²) in [7, 11) is 1.33. The standard InChI is InChI=1S/C11H11Cl3O3S/c12-10-8(17-6-5-7-1-2-7)3-4-9(11(10)13)18(14,15)16/h3-4,7H,1-2,5-6H2. The van der Waals surface area contributed by atoms with Gasteiger partial charge in [0, 0.05) is 10.7 Å².